The molecule has 48 heavy (non-hydrogen) atoms. The van der Waals surface area contributed by atoms with E-state index in [4.69, 9.17) is 20.2 Å². The van der Waals surface area contributed by atoms with Gasteiger partial charge in [-0.3, -0.25) is 9.88 Å². The van der Waals surface area contributed by atoms with Gasteiger partial charge in [-0.2, -0.15) is 23.1 Å². The molecule has 0 amide bonds. The van der Waals surface area contributed by atoms with Gasteiger partial charge in [-0.25, -0.2) is 13.2 Å². The van der Waals surface area contributed by atoms with Gasteiger partial charge in [-0.15, -0.1) is 0 Å². The number of hydrogen-bond donors (Lipinski definition) is 2. The Morgan fingerprint density at radius 3 is 2.73 bits per heavy atom. The molecule has 0 radical (unpaired) electrons. The summed E-state index contributed by atoms with van der Waals surface area (Å²) in [5.41, 5.74) is 1.05. The minimum Gasteiger partial charge on any atom is -0.461 e. The Kier molecular flexibility index (Phi) is 7.35. The molecule has 3 N–H and O–H groups in total. The number of nitrogen functional groups attached to an aromatic ring is 1. The first-order valence-corrected chi connectivity index (χ1v) is 16.2. The number of fused-ring (bicyclic) bond motifs is 4. The molecular weight excluding hydrogens is 640 g/mol. The maximum Gasteiger partial charge on any atom is 0.417 e. The minimum absolute atomic E-state index is 0.101. The van der Waals surface area contributed by atoms with Crippen molar-refractivity contribution in [2.45, 2.75) is 62.3 Å². The van der Waals surface area contributed by atoms with Crippen molar-refractivity contribution in [1.29, 1.82) is 0 Å². The van der Waals surface area contributed by atoms with Gasteiger partial charge in [-0.1, -0.05) is 0 Å². The van der Waals surface area contributed by atoms with Crippen LogP contribution in [0.3, 0.4) is 0 Å². The lowest BCUT2D eigenvalue weighted by Crippen LogP contribution is -2.66. The number of nitrogens with two attached hydrogens (primary N) is 1. The molecule has 9 nitrogen and oxygen atoms in total. The Bertz CT molecular complexity index is 1830. The van der Waals surface area contributed by atoms with Gasteiger partial charge >= 0.3 is 12.2 Å². The van der Waals surface area contributed by atoms with Gasteiger partial charge < -0.3 is 25.4 Å². The van der Waals surface area contributed by atoms with Crippen LogP contribution in [0.2, 0.25) is 0 Å². The number of anilines is 2. The number of piperazine rings is 1. The fourth-order valence-electron chi connectivity index (χ4n) is 8.64. The molecule has 15 heteroatoms. The fraction of sp³-hybridized carbons (Fsp3) is 0.545. The highest BCUT2D eigenvalue weighted by atomic mass is 19.4. The summed E-state index contributed by atoms with van der Waals surface area (Å²) in [6.45, 7) is 4.78. The second kappa shape index (κ2) is 11.2. The number of benzene rings is 1. The van der Waals surface area contributed by atoms with Crippen molar-refractivity contribution in [3.63, 3.8) is 0 Å². The zero-order chi connectivity index (χ0) is 33.6. The molecule has 3 atom stereocenters. The monoisotopic (exact) mass is 675 g/mol. The van der Waals surface area contributed by atoms with Gasteiger partial charge in [0.25, 0.3) is 0 Å². The topological polar surface area (TPSA) is 102 Å². The van der Waals surface area contributed by atoms with Crippen molar-refractivity contribution < 1.29 is 35.8 Å². The third kappa shape index (κ3) is 4.91. The predicted octanol–water partition coefficient (Wildman–Crippen LogP) is 5.31. The molecule has 7 heterocycles. The number of alkyl halides is 3. The Hall–Kier alpha value is -3.69. The first kappa shape index (κ1) is 31.6. The van der Waals surface area contributed by atoms with Crippen LogP contribution in [0.15, 0.2) is 24.2 Å². The first-order valence-electron chi connectivity index (χ1n) is 16.2. The number of aryl methyl sites for hydroxylation is 1. The number of hydrogen-bond acceptors (Lipinski definition) is 9. The molecule has 0 aliphatic carbocycles. The number of ether oxygens (including phenoxy) is 2. The molecule has 256 valence electrons. The van der Waals surface area contributed by atoms with Gasteiger partial charge in [0, 0.05) is 43.3 Å². The van der Waals surface area contributed by atoms with Gasteiger partial charge in [0.2, 0.25) is 0 Å². The predicted molar refractivity (Wildman–Crippen MR) is 165 cm³/mol. The van der Waals surface area contributed by atoms with Crippen LogP contribution < -0.4 is 20.7 Å². The number of aromatic nitrogens is 3. The van der Waals surface area contributed by atoms with Crippen molar-refractivity contribution in [2.75, 3.05) is 56.6 Å². The van der Waals surface area contributed by atoms with E-state index in [2.05, 4.69) is 20.2 Å². The maximum atomic E-state index is 16.7. The normalized spacial score (nSPS) is 28.4. The Morgan fingerprint density at radius 1 is 1.19 bits per heavy atom. The Balaban J connectivity index is 1.26. The molecule has 1 aromatic carbocycles. The number of nitrogens with zero attached hydrogens (tertiary/aromatic N) is 5. The van der Waals surface area contributed by atoms with E-state index in [0.717, 1.165) is 45.2 Å². The summed E-state index contributed by atoms with van der Waals surface area (Å²) < 4.78 is 100. The van der Waals surface area contributed by atoms with E-state index >= 15 is 8.78 Å². The number of rotatable bonds is 6. The summed E-state index contributed by atoms with van der Waals surface area (Å²) >= 11 is 0. The SMILES string of the molecule is Cc1cc(N)c(F)c(-c2ncc3c(N4CC5CCC(C6COC6)(C4)N5)nc(OC[C@@]45CCCN4C/C(=C\F)C5)nc3c2F)c1C(F)(F)F. The van der Waals surface area contributed by atoms with E-state index in [1.165, 1.54) is 6.20 Å². The molecular formula is C33H35F6N7O2. The van der Waals surface area contributed by atoms with E-state index in [1.54, 1.807) is 0 Å². The summed E-state index contributed by atoms with van der Waals surface area (Å²) in [5.74, 6) is -2.08. The molecule has 5 saturated heterocycles. The fourth-order valence-corrected chi connectivity index (χ4v) is 8.64. The van der Waals surface area contributed by atoms with Gasteiger partial charge in [-0.05, 0) is 62.8 Å². The average molecular weight is 676 g/mol. The highest BCUT2D eigenvalue weighted by Crippen LogP contribution is 2.46. The van der Waals surface area contributed by atoms with Crippen molar-refractivity contribution in [3.8, 4) is 17.3 Å². The lowest BCUT2D eigenvalue weighted by molar-refractivity contribution is -0.137. The van der Waals surface area contributed by atoms with Gasteiger partial charge in [0.1, 0.15) is 23.6 Å². The summed E-state index contributed by atoms with van der Waals surface area (Å²) in [4.78, 5) is 17.4. The van der Waals surface area contributed by atoms with E-state index in [1.807, 2.05) is 4.90 Å². The standard InChI is InChI=1S/C33H35F6N7O2/c1-17-7-22(40)25(35)23(24(17)33(37,38)39)28-26(36)27-21(10-41-28)29(45-12-20-3-5-32(15-45,44-20)19-13-47-14-19)43-30(42-27)48-16-31-4-2-6-46(31)11-18(8-31)9-34/h7,9-10,19-20,44H,2-6,8,11-16,40H2,1H3/b18-9-/t20?,31-,32?/m0/s1. The second-order valence-electron chi connectivity index (χ2n) is 14.0. The average Bonchev–Trinajstić information content (AvgIpc) is 3.66. The number of pyridine rings is 1. The zero-order valence-electron chi connectivity index (χ0n) is 26.3. The second-order valence-corrected chi connectivity index (χ2v) is 14.0. The summed E-state index contributed by atoms with van der Waals surface area (Å²) in [6, 6.07) is 0.812. The van der Waals surface area contributed by atoms with Crippen LogP contribution in [0.25, 0.3) is 22.2 Å². The van der Waals surface area contributed by atoms with E-state index < -0.39 is 45.9 Å². The highest BCUT2D eigenvalue weighted by Gasteiger charge is 2.52. The quantitative estimate of drug-likeness (QED) is 0.266. The van der Waals surface area contributed by atoms with E-state index in [9.17, 15) is 17.6 Å². The Morgan fingerprint density at radius 2 is 2.00 bits per heavy atom. The van der Waals surface area contributed by atoms with Crippen molar-refractivity contribution in [3.05, 3.63) is 46.9 Å². The molecule has 2 aromatic heterocycles. The Labute approximate surface area is 272 Å². The van der Waals surface area contributed by atoms with Crippen LogP contribution >= 0.6 is 0 Å². The lowest BCUT2D eigenvalue weighted by atomic mass is 9.80. The van der Waals surface area contributed by atoms with Crippen LogP contribution in [0.1, 0.15) is 43.2 Å². The molecule has 5 aliphatic rings. The zero-order valence-corrected chi connectivity index (χ0v) is 26.3. The van der Waals surface area contributed by atoms with E-state index in [0.29, 0.717) is 57.0 Å². The minimum atomic E-state index is -5.03. The van der Waals surface area contributed by atoms with Gasteiger partial charge in [0.15, 0.2) is 11.6 Å². The van der Waals surface area contributed by atoms with Crippen molar-refractivity contribution in [2.24, 2.45) is 5.92 Å². The first-order chi connectivity index (χ1) is 22.9. The summed E-state index contributed by atoms with van der Waals surface area (Å²) in [5, 5.41) is 3.91. The van der Waals surface area contributed by atoms with Crippen LogP contribution in [0.5, 0.6) is 6.01 Å². The largest absolute Gasteiger partial charge is 0.461 e. The van der Waals surface area contributed by atoms with Crippen molar-refractivity contribution in [1.82, 2.24) is 25.2 Å². The third-order valence-corrected chi connectivity index (χ3v) is 11.0. The molecule has 2 unspecified atom stereocenters. The molecule has 5 aliphatic heterocycles. The third-order valence-electron chi connectivity index (χ3n) is 11.0. The molecule has 3 aromatic rings. The smallest absolute Gasteiger partial charge is 0.417 e. The van der Waals surface area contributed by atoms with Crippen molar-refractivity contribution >= 4 is 22.4 Å². The molecule has 0 spiro atoms. The summed E-state index contributed by atoms with van der Waals surface area (Å²) in [6.07, 6.45) is 0.763. The van der Waals surface area contributed by atoms with Crippen LogP contribution in [0.4, 0.5) is 37.8 Å². The molecule has 5 fully saturated rings. The summed E-state index contributed by atoms with van der Waals surface area (Å²) in [7, 11) is 0. The number of halogens is 6. The molecule has 8 rings (SSSR count). The lowest BCUT2D eigenvalue weighted by Gasteiger charge is -2.49. The molecule has 2 bridgehead atoms. The maximum absolute atomic E-state index is 16.7. The van der Waals surface area contributed by atoms with Crippen LogP contribution in [0, 0.1) is 24.5 Å². The van der Waals surface area contributed by atoms with Crippen LogP contribution in [-0.2, 0) is 10.9 Å². The van der Waals surface area contributed by atoms with Crippen LogP contribution in [-0.4, -0.2) is 83.0 Å². The van der Waals surface area contributed by atoms with E-state index in [-0.39, 0.29) is 46.6 Å². The highest BCUT2D eigenvalue weighted by molar-refractivity contribution is 5.92. The van der Waals surface area contributed by atoms with Gasteiger partial charge in [0.05, 0.1) is 47.3 Å². The molecule has 0 saturated carbocycles. The number of nitrogens with one attached hydrogen (secondary N) is 1.